The molecule has 1 saturated heterocycles. The van der Waals surface area contributed by atoms with Gasteiger partial charge in [-0.1, -0.05) is 13.3 Å². The Bertz CT molecular complexity index is 205. The van der Waals surface area contributed by atoms with Crippen LogP contribution in [0.25, 0.3) is 0 Å². The normalized spacial score (nSPS) is 43.4. The first-order chi connectivity index (χ1) is 7.24. The molecule has 0 aromatic heterocycles. The van der Waals surface area contributed by atoms with Crippen LogP contribution >= 0.6 is 0 Å². The SMILES string of the molecule is CNC1CCCC1N1CCCC(C)C1C. The minimum Gasteiger partial charge on any atom is -0.315 e. The van der Waals surface area contributed by atoms with E-state index >= 15 is 0 Å². The molecule has 0 aromatic carbocycles. The van der Waals surface area contributed by atoms with Gasteiger partial charge in [0.1, 0.15) is 0 Å². The number of hydrogen-bond acceptors (Lipinski definition) is 2. The summed E-state index contributed by atoms with van der Waals surface area (Å²) in [6.45, 7) is 6.17. The lowest BCUT2D eigenvalue weighted by Crippen LogP contribution is -2.53. The first-order valence-corrected chi connectivity index (χ1v) is 6.67. The molecule has 4 atom stereocenters. The van der Waals surface area contributed by atoms with E-state index in [1.807, 2.05) is 0 Å². The van der Waals surface area contributed by atoms with Crippen molar-refractivity contribution in [2.75, 3.05) is 13.6 Å². The van der Waals surface area contributed by atoms with E-state index in [1.165, 1.54) is 38.6 Å². The Morgan fingerprint density at radius 3 is 2.60 bits per heavy atom. The van der Waals surface area contributed by atoms with Crippen molar-refractivity contribution >= 4 is 0 Å². The summed E-state index contributed by atoms with van der Waals surface area (Å²) in [6, 6.07) is 2.35. The van der Waals surface area contributed by atoms with Crippen LogP contribution in [0.2, 0.25) is 0 Å². The third kappa shape index (κ3) is 2.21. The molecule has 0 aromatic rings. The lowest BCUT2D eigenvalue weighted by molar-refractivity contribution is 0.0597. The highest BCUT2D eigenvalue weighted by Gasteiger charge is 2.36. The number of likely N-dealkylation sites (N-methyl/N-ethyl adjacent to an activating group) is 1. The van der Waals surface area contributed by atoms with Crippen LogP contribution in [-0.4, -0.2) is 36.6 Å². The molecule has 1 aliphatic heterocycles. The van der Waals surface area contributed by atoms with Gasteiger partial charge in [-0.25, -0.2) is 0 Å². The van der Waals surface area contributed by atoms with E-state index in [2.05, 4.69) is 31.1 Å². The third-order valence-electron chi connectivity index (χ3n) is 4.70. The van der Waals surface area contributed by atoms with Crippen LogP contribution in [-0.2, 0) is 0 Å². The van der Waals surface area contributed by atoms with Crippen molar-refractivity contribution in [2.24, 2.45) is 5.92 Å². The summed E-state index contributed by atoms with van der Waals surface area (Å²) in [5.41, 5.74) is 0. The molecule has 0 amide bonds. The van der Waals surface area contributed by atoms with Gasteiger partial charge in [-0.05, 0) is 52.1 Å². The van der Waals surface area contributed by atoms with Gasteiger partial charge in [0.05, 0.1) is 0 Å². The predicted molar refractivity (Wildman–Crippen MR) is 65.1 cm³/mol. The second kappa shape index (κ2) is 4.84. The molecular weight excluding hydrogens is 184 g/mol. The van der Waals surface area contributed by atoms with Gasteiger partial charge in [-0.15, -0.1) is 0 Å². The smallest absolute Gasteiger partial charge is 0.0252 e. The summed E-state index contributed by atoms with van der Waals surface area (Å²) in [7, 11) is 2.13. The average molecular weight is 210 g/mol. The number of rotatable bonds is 2. The van der Waals surface area contributed by atoms with Crippen molar-refractivity contribution in [1.29, 1.82) is 0 Å². The highest BCUT2D eigenvalue weighted by molar-refractivity contribution is 4.93. The Hall–Kier alpha value is -0.0800. The fourth-order valence-corrected chi connectivity index (χ4v) is 3.51. The maximum Gasteiger partial charge on any atom is 0.0252 e. The number of nitrogens with zero attached hydrogens (tertiary/aromatic N) is 1. The van der Waals surface area contributed by atoms with Gasteiger partial charge < -0.3 is 5.32 Å². The molecule has 88 valence electrons. The maximum atomic E-state index is 3.51. The Morgan fingerprint density at radius 2 is 1.87 bits per heavy atom. The van der Waals surface area contributed by atoms with E-state index in [0.29, 0.717) is 0 Å². The predicted octanol–water partition coefficient (Wildman–Crippen LogP) is 2.25. The monoisotopic (exact) mass is 210 g/mol. The van der Waals surface area contributed by atoms with Crippen LogP contribution in [0.1, 0.15) is 46.0 Å². The van der Waals surface area contributed by atoms with Gasteiger partial charge >= 0.3 is 0 Å². The lowest BCUT2D eigenvalue weighted by atomic mass is 9.90. The molecule has 0 bridgehead atoms. The van der Waals surface area contributed by atoms with E-state index < -0.39 is 0 Å². The number of hydrogen-bond donors (Lipinski definition) is 1. The van der Waals surface area contributed by atoms with E-state index in [1.54, 1.807) is 0 Å². The van der Waals surface area contributed by atoms with E-state index in [4.69, 9.17) is 0 Å². The van der Waals surface area contributed by atoms with Crippen LogP contribution in [0, 0.1) is 5.92 Å². The molecule has 2 heteroatoms. The zero-order valence-electron chi connectivity index (χ0n) is 10.5. The highest BCUT2D eigenvalue weighted by Crippen LogP contribution is 2.31. The second-order valence-electron chi connectivity index (χ2n) is 5.49. The topological polar surface area (TPSA) is 15.3 Å². The van der Waals surface area contributed by atoms with Crippen LogP contribution in [0.4, 0.5) is 0 Å². The summed E-state index contributed by atoms with van der Waals surface area (Å²) in [5, 5.41) is 3.51. The van der Waals surface area contributed by atoms with Crippen molar-refractivity contribution < 1.29 is 0 Å². The van der Waals surface area contributed by atoms with Gasteiger partial charge in [0, 0.05) is 18.1 Å². The van der Waals surface area contributed by atoms with Crippen LogP contribution in [0.15, 0.2) is 0 Å². The Labute approximate surface area is 94.4 Å². The van der Waals surface area contributed by atoms with Crippen LogP contribution < -0.4 is 5.32 Å². The number of piperidine rings is 1. The minimum atomic E-state index is 0.748. The minimum absolute atomic E-state index is 0.748. The van der Waals surface area contributed by atoms with Gasteiger partial charge in [0.2, 0.25) is 0 Å². The molecule has 2 nitrogen and oxygen atoms in total. The summed E-state index contributed by atoms with van der Waals surface area (Å²) in [5.74, 6) is 0.886. The first kappa shape index (κ1) is 11.4. The molecule has 1 aliphatic carbocycles. The zero-order valence-corrected chi connectivity index (χ0v) is 10.5. The summed E-state index contributed by atoms with van der Waals surface area (Å²) in [6.07, 6.45) is 7.02. The number of likely N-dealkylation sites (tertiary alicyclic amines) is 1. The molecule has 1 N–H and O–H groups in total. The fourth-order valence-electron chi connectivity index (χ4n) is 3.51. The van der Waals surface area contributed by atoms with Gasteiger partial charge in [-0.2, -0.15) is 0 Å². The average Bonchev–Trinajstić information content (AvgIpc) is 2.70. The summed E-state index contributed by atoms with van der Waals surface area (Å²) < 4.78 is 0. The van der Waals surface area contributed by atoms with Crippen molar-refractivity contribution in [1.82, 2.24) is 10.2 Å². The molecule has 4 unspecified atom stereocenters. The molecule has 0 radical (unpaired) electrons. The fraction of sp³-hybridized carbons (Fsp3) is 1.00. The van der Waals surface area contributed by atoms with Gasteiger partial charge in [0.15, 0.2) is 0 Å². The van der Waals surface area contributed by atoms with E-state index in [-0.39, 0.29) is 0 Å². The Kier molecular flexibility index (Phi) is 3.68. The molecule has 0 spiro atoms. The van der Waals surface area contributed by atoms with Gasteiger partial charge in [-0.3, -0.25) is 4.90 Å². The Morgan fingerprint density at radius 1 is 1.07 bits per heavy atom. The molecule has 15 heavy (non-hydrogen) atoms. The number of nitrogens with one attached hydrogen (secondary N) is 1. The molecule has 1 saturated carbocycles. The highest BCUT2D eigenvalue weighted by atomic mass is 15.2. The standard InChI is InChI=1S/C13H26N2/c1-10-6-5-9-15(11(10)2)13-8-4-7-12(13)14-3/h10-14H,4-9H2,1-3H3. The largest absolute Gasteiger partial charge is 0.315 e. The van der Waals surface area contributed by atoms with E-state index in [0.717, 1.165) is 24.0 Å². The second-order valence-corrected chi connectivity index (χ2v) is 5.49. The molecular formula is C13H26N2. The van der Waals surface area contributed by atoms with Crippen molar-refractivity contribution in [3.8, 4) is 0 Å². The molecule has 2 fully saturated rings. The Balaban J connectivity index is 2.01. The van der Waals surface area contributed by atoms with Crippen LogP contribution in [0.3, 0.4) is 0 Å². The summed E-state index contributed by atoms with van der Waals surface area (Å²) in [4.78, 5) is 2.78. The van der Waals surface area contributed by atoms with E-state index in [9.17, 15) is 0 Å². The lowest BCUT2D eigenvalue weighted by Gasteiger charge is -2.43. The summed E-state index contributed by atoms with van der Waals surface area (Å²) >= 11 is 0. The third-order valence-corrected chi connectivity index (χ3v) is 4.70. The van der Waals surface area contributed by atoms with Crippen LogP contribution in [0.5, 0.6) is 0 Å². The molecule has 1 heterocycles. The maximum absolute atomic E-state index is 3.51. The molecule has 2 aliphatic rings. The zero-order chi connectivity index (χ0) is 10.8. The van der Waals surface area contributed by atoms with Crippen molar-refractivity contribution in [2.45, 2.75) is 64.1 Å². The van der Waals surface area contributed by atoms with Crippen molar-refractivity contribution in [3.63, 3.8) is 0 Å². The molecule has 2 rings (SSSR count). The van der Waals surface area contributed by atoms with Crippen molar-refractivity contribution in [3.05, 3.63) is 0 Å². The first-order valence-electron chi connectivity index (χ1n) is 6.67. The van der Waals surface area contributed by atoms with Gasteiger partial charge in [0.25, 0.3) is 0 Å². The quantitative estimate of drug-likeness (QED) is 0.752.